The minimum absolute atomic E-state index is 0.0741. The van der Waals surface area contributed by atoms with Crippen molar-refractivity contribution in [2.45, 2.75) is 12.3 Å². The van der Waals surface area contributed by atoms with Gasteiger partial charge < -0.3 is 9.64 Å². The number of aromatic nitrogens is 3. The second-order valence-electron chi connectivity index (χ2n) is 6.96. The number of hydrogen-bond acceptors (Lipinski definition) is 5. The number of morpholine rings is 1. The number of anilines is 1. The molecule has 1 aliphatic heterocycles. The van der Waals surface area contributed by atoms with E-state index in [1.807, 2.05) is 0 Å². The van der Waals surface area contributed by atoms with Crippen molar-refractivity contribution in [2.75, 3.05) is 24.6 Å². The van der Waals surface area contributed by atoms with E-state index in [-0.39, 0.29) is 24.3 Å². The Morgan fingerprint density at radius 2 is 1.87 bits per heavy atom. The van der Waals surface area contributed by atoms with Crippen LogP contribution in [0.5, 0.6) is 0 Å². The first-order valence-electron chi connectivity index (χ1n) is 9.36. The topological polar surface area (TPSA) is 60.2 Å². The number of alkyl halides is 3. The van der Waals surface area contributed by atoms with Crippen molar-refractivity contribution in [2.24, 2.45) is 7.05 Å². The summed E-state index contributed by atoms with van der Waals surface area (Å²) in [5, 5.41) is 0. The van der Waals surface area contributed by atoms with Crippen molar-refractivity contribution >= 4 is 5.95 Å². The summed E-state index contributed by atoms with van der Waals surface area (Å²) in [4.78, 5) is 22.9. The SMILES string of the molecule is Cn1c(N2CCO[C@H](c3ccccc3C(F)(F)F)C2)nc(-c2ccncc2)cc1=O. The fourth-order valence-corrected chi connectivity index (χ4v) is 3.54. The van der Waals surface area contributed by atoms with Crippen LogP contribution in [0.2, 0.25) is 0 Å². The van der Waals surface area contributed by atoms with Gasteiger partial charge in [-0.25, -0.2) is 4.98 Å². The van der Waals surface area contributed by atoms with E-state index in [9.17, 15) is 18.0 Å². The third-order valence-corrected chi connectivity index (χ3v) is 5.05. The standard InChI is InChI=1S/C21H19F3N4O2/c1-27-19(29)12-17(14-6-8-25-9-7-14)26-20(27)28-10-11-30-18(13-28)15-4-2-3-5-16(15)21(22,23)24/h2-9,12,18H,10-11,13H2,1H3/t18-/m0/s1. The summed E-state index contributed by atoms with van der Waals surface area (Å²) in [6.45, 7) is 0.768. The number of rotatable bonds is 3. The Bertz CT molecular complexity index is 1100. The van der Waals surface area contributed by atoms with Gasteiger partial charge >= 0.3 is 6.18 Å². The summed E-state index contributed by atoms with van der Waals surface area (Å²) in [7, 11) is 1.59. The zero-order valence-electron chi connectivity index (χ0n) is 16.1. The average molecular weight is 416 g/mol. The lowest BCUT2D eigenvalue weighted by Crippen LogP contribution is -2.42. The lowest BCUT2D eigenvalue weighted by Gasteiger charge is -2.35. The molecule has 156 valence electrons. The molecule has 0 N–H and O–H groups in total. The van der Waals surface area contributed by atoms with Gasteiger partial charge in [-0.05, 0) is 23.8 Å². The quantitative estimate of drug-likeness (QED) is 0.655. The number of halogens is 3. The molecule has 3 heterocycles. The Hall–Kier alpha value is -3.20. The van der Waals surface area contributed by atoms with E-state index >= 15 is 0 Å². The summed E-state index contributed by atoms with van der Waals surface area (Å²) < 4.78 is 47.4. The fourth-order valence-electron chi connectivity index (χ4n) is 3.54. The van der Waals surface area contributed by atoms with Gasteiger partial charge in [0.1, 0.15) is 6.10 Å². The van der Waals surface area contributed by atoms with Gasteiger partial charge in [0.15, 0.2) is 0 Å². The molecule has 1 aliphatic rings. The Kier molecular flexibility index (Phi) is 5.29. The predicted molar refractivity (Wildman–Crippen MR) is 105 cm³/mol. The van der Waals surface area contributed by atoms with Crippen LogP contribution < -0.4 is 10.5 Å². The molecule has 2 aromatic heterocycles. The van der Waals surface area contributed by atoms with Gasteiger partial charge in [-0.3, -0.25) is 14.3 Å². The predicted octanol–water partition coefficient (Wildman–Crippen LogP) is 3.44. The third kappa shape index (κ3) is 3.93. The van der Waals surface area contributed by atoms with Crippen LogP contribution in [0.25, 0.3) is 11.3 Å². The molecule has 0 bridgehead atoms. The van der Waals surface area contributed by atoms with E-state index in [1.165, 1.54) is 22.8 Å². The fraction of sp³-hybridized carbons (Fsp3) is 0.286. The third-order valence-electron chi connectivity index (χ3n) is 5.05. The van der Waals surface area contributed by atoms with Crippen molar-refractivity contribution in [3.63, 3.8) is 0 Å². The monoisotopic (exact) mass is 416 g/mol. The smallest absolute Gasteiger partial charge is 0.370 e. The highest BCUT2D eigenvalue weighted by Crippen LogP contribution is 2.37. The van der Waals surface area contributed by atoms with Gasteiger partial charge in [0.25, 0.3) is 5.56 Å². The first-order valence-corrected chi connectivity index (χ1v) is 9.36. The number of ether oxygens (including phenoxy) is 1. The summed E-state index contributed by atoms with van der Waals surface area (Å²) in [5.74, 6) is 0.382. The number of pyridine rings is 1. The zero-order valence-corrected chi connectivity index (χ0v) is 16.1. The van der Waals surface area contributed by atoms with Gasteiger partial charge in [-0.15, -0.1) is 0 Å². The van der Waals surface area contributed by atoms with E-state index in [2.05, 4.69) is 9.97 Å². The van der Waals surface area contributed by atoms with Crippen LogP contribution in [0, 0.1) is 0 Å². The normalized spacial score (nSPS) is 17.2. The highest BCUT2D eigenvalue weighted by Gasteiger charge is 2.36. The molecule has 6 nitrogen and oxygen atoms in total. The minimum atomic E-state index is -4.48. The maximum Gasteiger partial charge on any atom is 0.416 e. The van der Waals surface area contributed by atoms with E-state index in [1.54, 1.807) is 42.5 Å². The highest BCUT2D eigenvalue weighted by atomic mass is 19.4. The van der Waals surface area contributed by atoms with Crippen molar-refractivity contribution in [3.05, 3.63) is 76.3 Å². The first kappa shape index (κ1) is 20.1. The average Bonchev–Trinajstić information content (AvgIpc) is 2.75. The molecule has 0 aliphatic carbocycles. The van der Waals surface area contributed by atoms with Crippen LogP contribution in [0.1, 0.15) is 17.2 Å². The molecule has 0 spiro atoms. The van der Waals surface area contributed by atoms with Crippen LogP contribution in [0.15, 0.2) is 59.7 Å². The largest absolute Gasteiger partial charge is 0.416 e. The minimum Gasteiger partial charge on any atom is -0.370 e. The lowest BCUT2D eigenvalue weighted by atomic mass is 10.0. The zero-order chi connectivity index (χ0) is 21.3. The van der Waals surface area contributed by atoms with E-state index in [0.717, 1.165) is 11.6 Å². The number of benzene rings is 1. The van der Waals surface area contributed by atoms with Crippen molar-refractivity contribution in [1.82, 2.24) is 14.5 Å². The molecule has 1 aromatic carbocycles. The maximum absolute atomic E-state index is 13.4. The van der Waals surface area contributed by atoms with Crippen molar-refractivity contribution in [1.29, 1.82) is 0 Å². The first-order chi connectivity index (χ1) is 14.3. The molecule has 30 heavy (non-hydrogen) atoms. The molecular formula is C21H19F3N4O2. The summed E-state index contributed by atoms with van der Waals surface area (Å²) in [6, 6.07) is 10.3. The Morgan fingerprint density at radius 1 is 1.13 bits per heavy atom. The lowest BCUT2D eigenvalue weighted by molar-refractivity contribution is -0.139. The van der Waals surface area contributed by atoms with Crippen molar-refractivity contribution in [3.8, 4) is 11.3 Å². The number of nitrogens with zero attached hydrogens (tertiary/aromatic N) is 4. The summed E-state index contributed by atoms with van der Waals surface area (Å²) in [5.41, 5.74) is 0.310. The molecule has 0 saturated carbocycles. The van der Waals surface area contributed by atoms with Crippen LogP contribution in [-0.4, -0.2) is 34.2 Å². The van der Waals surface area contributed by atoms with Gasteiger partial charge in [0.2, 0.25) is 5.95 Å². The Morgan fingerprint density at radius 3 is 2.60 bits per heavy atom. The molecule has 0 unspecified atom stereocenters. The molecule has 3 aromatic rings. The van der Waals surface area contributed by atoms with E-state index in [4.69, 9.17) is 4.74 Å². The van der Waals surface area contributed by atoms with Crippen molar-refractivity contribution < 1.29 is 17.9 Å². The molecule has 9 heteroatoms. The van der Waals surface area contributed by atoms with Gasteiger partial charge in [0.05, 0.1) is 24.4 Å². The second kappa shape index (κ2) is 7.91. The molecule has 1 saturated heterocycles. The molecular weight excluding hydrogens is 397 g/mol. The van der Waals surface area contributed by atoms with Crippen LogP contribution in [0.4, 0.5) is 19.1 Å². The van der Waals surface area contributed by atoms with Crippen LogP contribution in [0.3, 0.4) is 0 Å². The maximum atomic E-state index is 13.4. The molecule has 1 atom stereocenters. The van der Waals surface area contributed by atoms with Gasteiger partial charge in [-0.1, -0.05) is 18.2 Å². The Labute approximate surface area is 170 Å². The van der Waals surface area contributed by atoms with Gasteiger partial charge in [0, 0.05) is 37.6 Å². The molecule has 4 rings (SSSR count). The van der Waals surface area contributed by atoms with E-state index < -0.39 is 17.8 Å². The second-order valence-corrected chi connectivity index (χ2v) is 6.96. The highest BCUT2D eigenvalue weighted by molar-refractivity contribution is 5.59. The van der Waals surface area contributed by atoms with E-state index in [0.29, 0.717) is 18.2 Å². The Balaban J connectivity index is 1.70. The van der Waals surface area contributed by atoms with Crippen LogP contribution in [-0.2, 0) is 18.0 Å². The molecule has 0 amide bonds. The molecule has 0 radical (unpaired) electrons. The molecule has 1 fully saturated rings. The van der Waals surface area contributed by atoms with Crippen LogP contribution >= 0.6 is 0 Å². The summed E-state index contributed by atoms with van der Waals surface area (Å²) >= 11 is 0. The summed E-state index contributed by atoms with van der Waals surface area (Å²) in [6.07, 6.45) is -2.06. The van der Waals surface area contributed by atoms with Gasteiger partial charge in [-0.2, -0.15) is 13.2 Å². The number of hydrogen-bond donors (Lipinski definition) is 0.